The van der Waals surface area contributed by atoms with E-state index in [1.165, 1.54) is 16.7 Å². The van der Waals surface area contributed by atoms with Gasteiger partial charge < -0.3 is 0 Å². The molecule has 0 spiro atoms. The molecule has 0 unspecified atom stereocenters. The Bertz CT molecular complexity index is 504. The Morgan fingerprint density at radius 2 is 2.06 bits per heavy atom. The molecule has 0 saturated heterocycles. The van der Waals surface area contributed by atoms with E-state index < -0.39 is 0 Å². The second kappa shape index (κ2) is 4.66. The highest BCUT2D eigenvalue weighted by Crippen LogP contribution is 2.45. The van der Waals surface area contributed by atoms with Crippen LogP contribution in [0.2, 0.25) is 0 Å². The standard InChI is InChI=1S/C15H16BrN/c1-3-15(4-2,10-17)14-8-5-11-9-12(16)6-7-13(11)14/h6-9H,3-5H2,1-2H3. The predicted octanol–water partition coefficient (Wildman–Crippen LogP) is 4.72. The molecule has 1 nitrogen and oxygen atoms in total. The van der Waals surface area contributed by atoms with E-state index >= 15 is 0 Å². The third-order valence-corrected chi connectivity index (χ3v) is 4.31. The van der Waals surface area contributed by atoms with Gasteiger partial charge in [0.1, 0.15) is 0 Å². The van der Waals surface area contributed by atoms with Crippen LogP contribution < -0.4 is 0 Å². The lowest BCUT2D eigenvalue weighted by Gasteiger charge is -2.26. The van der Waals surface area contributed by atoms with Crippen LogP contribution in [0.25, 0.3) is 5.57 Å². The average Bonchev–Trinajstić information content (AvgIpc) is 2.76. The first-order chi connectivity index (χ1) is 8.16. The number of fused-ring (bicyclic) bond motifs is 1. The Morgan fingerprint density at radius 1 is 1.35 bits per heavy atom. The van der Waals surface area contributed by atoms with Gasteiger partial charge >= 0.3 is 0 Å². The van der Waals surface area contributed by atoms with E-state index in [0.717, 1.165) is 23.7 Å². The smallest absolute Gasteiger partial charge is 0.0820 e. The zero-order valence-corrected chi connectivity index (χ0v) is 11.8. The fourth-order valence-electron chi connectivity index (χ4n) is 2.62. The van der Waals surface area contributed by atoms with Gasteiger partial charge in [-0.25, -0.2) is 0 Å². The normalized spacial score (nSPS) is 14.1. The molecule has 88 valence electrons. The first-order valence-electron chi connectivity index (χ1n) is 6.07. The summed E-state index contributed by atoms with van der Waals surface area (Å²) in [6, 6.07) is 8.89. The Hall–Kier alpha value is -1.07. The Balaban J connectivity index is 2.49. The van der Waals surface area contributed by atoms with Gasteiger partial charge in [-0.2, -0.15) is 5.26 Å². The molecule has 0 heterocycles. The molecule has 0 amide bonds. The number of benzene rings is 1. The molecular formula is C15H16BrN. The van der Waals surface area contributed by atoms with Crippen molar-refractivity contribution in [2.75, 3.05) is 0 Å². The minimum Gasteiger partial charge on any atom is -0.197 e. The number of allylic oxidation sites excluding steroid dienone is 2. The van der Waals surface area contributed by atoms with E-state index in [1.807, 2.05) is 0 Å². The molecule has 1 aliphatic carbocycles. The SMILES string of the molecule is CCC(C#N)(CC)C1=CCc2cc(Br)ccc21. The molecule has 0 aromatic heterocycles. The highest BCUT2D eigenvalue weighted by atomic mass is 79.9. The first kappa shape index (κ1) is 12.4. The van der Waals surface area contributed by atoms with Crippen LogP contribution in [0, 0.1) is 16.7 Å². The molecule has 0 atom stereocenters. The zero-order valence-electron chi connectivity index (χ0n) is 10.3. The van der Waals surface area contributed by atoms with Gasteiger partial charge in [-0.15, -0.1) is 0 Å². The molecule has 0 bridgehead atoms. The van der Waals surface area contributed by atoms with Crippen LogP contribution in [0.15, 0.2) is 28.7 Å². The van der Waals surface area contributed by atoms with Crippen molar-refractivity contribution in [2.24, 2.45) is 5.41 Å². The molecule has 0 fully saturated rings. The fourth-order valence-corrected chi connectivity index (χ4v) is 3.03. The molecule has 1 aromatic rings. The van der Waals surface area contributed by atoms with Gasteiger partial charge in [-0.1, -0.05) is 41.9 Å². The van der Waals surface area contributed by atoms with Gasteiger partial charge in [0.15, 0.2) is 0 Å². The van der Waals surface area contributed by atoms with Crippen LogP contribution in [-0.4, -0.2) is 0 Å². The summed E-state index contributed by atoms with van der Waals surface area (Å²) in [7, 11) is 0. The van der Waals surface area contributed by atoms with E-state index in [-0.39, 0.29) is 5.41 Å². The Morgan fingerprint density at radius 3 is 2.65 bits per heavy atom. The highest BCUT2D eigenvalue weighted by molar-refractivity contribution is 9.10. The molecular weight excluding hydrogens is 274 g/mol. The fraction of sp³-hybridized carbons (Fsp3) is 0.400. The topological polar surface area (TPSA) is 23.8 Å². The van der Waals surface area contributed by atoms with Crippen molar-refractivity contribution in [3.05, 3.63) is 39.9 Å². The van der Waals surface area contributed by atoms with Crippen molar-refractivity contribution in [2.45, 2.75) is 33.1 Å². The molecule has 2 rings (SSSR count). The third-order valence-electron chi connectivity index (χ3n) is 3.82. The summed E-state index contributed by atoms with van der Waals surface area (Å²) in [6.45, 7) is 4.20. The van der Waals surface area contributed by atoms with E-state index in [0.29, 0.717) is 0 Å². The van der Waals surface area contributed by atoms with Gasteiger partial charge in [-0.05, 0) is 48.1 Å². The Kier molecular flexibility index (Phi) is 3.40. The number of nitrogens with zero attached hydrogens (tertiary/aromatic N) is 1. The lowest BCUT2D eigenvalue weighted by molar-refractivity contribution is 0.489. The summed E-state index contributed by atoms with van der Waals surface area (Å²) in [5, 5.41) is 9.52. The number of halogens is 1. The number of nitriles is 1. The summed E-state index contributed by atoms with van der Waals surface area (Å²) in [5.41, 5.74) is 3.51. The van der Waals surface area contributed by atoms with Crippen LogP contribution in [0.4, 0.5) is 0 Å². The van der Waals surface area contributed by atoms with E-state index in [2.05, 4.69) is 60.1 Å². The molecule has 0 saturated carbocycles. The van der Waals surface area contributed by atoms with E-state index in [9.17, 15) is 5.26 Å². The molecule has 1 aromatic carbocycles. The molecule has 17 heavy (non-hydrogen) atoms. The van der Waals surface area contributed by atoms with Gasteiger partial charge in [0.2, 0.25) is 0 Å². The maximum Gasteiger partial charge on any atom is 0.0820 e. The zero-order chi connectivity index (χ0) is 12.5. The van der Waals surface area contributed by atoms with Crippen LogP contribution in [0.1, 0.15) is 37.8 Å². The summed E-state index contributed by atoms with van der Waals surface area (Å²) >= 11 is 3.50. The van der Waals surface area contributed by atoms with E-state index in [1.54, 1.807) is 0 Å². The maximum absolute atomic E-state index is 9.52. The summed E-state index contributed by atoms with van der Waals surface area (Å²) in [5.74, 6) is 0. The minimum atomic E-state index is -0.306. The summed E-state index contributed by atoms with van der Waals surface area (Å²) in [4.78, 5) is 0. The first-order valence-corrected chi connectivity index (χ1v) is 6.87. The highest BCUT2D eigenvalue weighted by Gasteiger charge is 2.34. The van der Waals surface area contributed by atoms with Gasteiger partial charge in [0, 0.05) is 4.47 Å². The summed E-state index contributed by atoms with van der Waals surface area (Å²) in [6.07, 6.45) is 4.93. The molecule has 0 aliphatic heterocycles. The van der Waals surface area contributed by atoms with Crippen LogP contribution in [0.3, 0.4) is 0 Å². The van der Waals surface area contributed by atoms with Gasteiger partial charge in [0.25, 0.3) is 0 Å². The lowest BCUT2D eigenvalue weighted by Crippen LogP contribution is -2.17. The van der Waals surface area contributed by atoms with Crippen molar-refractivity contribution < 1.29 is 0 Å². The number of hydrogen-bond acceptors (Lipinski definition) is 1. The third kappa shape index (κ3) is 1.93. The molecule has 2 heteroatoms. The van der Waals surface area contributed by atoms with Crippen molar-refractivity contribution >= 4 is 21.5 Å². The monoisotopic (exact) mass is 289 g/mol. The molecule has 0 N–H and O–H groups in total. The maximum atomic E-state index is 9.52. The largest absolute Gasteiger partial charge is 0.197 e. The molecule has 0 radical (unpaired) electrons. The number of rotatable bonds is 3. The van der Waals surface area contributed by atoms with Crippen molar-refractivity contribution in [3.63, 3.8) is 0 Å². The van der Waals surface area contributed by atoms with Gasteiger partial charge in [-0.3, -0.25) is 0 Å². The second-order valence-corrected chi connectivity index (χ2v) is 5.44. The van der Waals surface area contributed by atoms with E-state index in [4.69, 9.17) is 0 Å². The van der Waals surface area contributed by atoms with Crippen LogP contribution >= 0.6 is 15.9 Å². The average molecular weight is 290 g/mol. The minimum absolute atomic E-state index is 0.306. The predicted molar refractivity (Wildman–Crippen MR) is 74.5 cm³/mol. The number of hydrogen-bond donors (Lipinski definition) is 0. The van der Waals surface area contributed by atoms with Crippen LogP contribution in [-0.2, 0) is 6.42 Å². The van der Waals surface area contributed by atoms with Crippen molar-refractivity contribution in [3.8, 4) is 6.07 Å². The second-order valence-electron chi connectivity index (χ2n) is 4.52. The summed E-state index contributed by atoms with van der Waals surface area (Å²) < 4.78 is 1.11. The lowest BCUT2D eigenvalue weighted by atomic mass is 9.75. The Labute approximate surface area is 111 Å². The molecule has 1 aliphatic rings. The van der Waals surface area contributed by atoms with Gasteiger partial charge in [0.05, 0.1) is 11.5 Å². The quantitative estimate of drug-likeness (QED) is 0.790. The van der Waals surface area contributed by atoms with Crippen LogP contribution in [0.5, 0.6) is 0 Å². The van der Waals surface area contributed by atoms with Crippen molar-refractivity contribution in [1.29, 1.82) is 5.26 Å². The van der Waals surface area contributed by atoms with Crippen molar-refractivity contribution in [1.82, 2.24) is 0 Å².